The normalized spacial score (nSPS) is 14.8. The van der Waals surface area contributed by atoms with Crippen LogP contribution in [0.5, 0.6) is 11.5 Å². The number of anilines is 3. The van der Waals surface area contributed by atoms with Gasteiger partial charge in [0.05, 0.1) is 21.1 Å². The summed E-state index contributed by atoms with van der Waals surface area (Å²) in [5.74, 6) is 1.63. The quantitative estimate of drug-likeness (QED) is 0.352. The van der Waals surface area contributed by atoms with Gasteiger partial charge in [0.2, 0.25) is 5.95 Å². The van der Waals surface area contributed by atoms with Crippen LogP contribution in [0.4, 0.5) is 17.5 Å². The molecule has 37 heavy (non-hydrogen) atoms. The fraction of sp³-hybridized carbons (Fsp3) is 0.280. The number of nitrogens with two attached hydrogens (primary N) is 1. The molecule has 4 aromatic rings. The van der Waals surface area contributed by atoms with Crippen molar-refractivity contribution < 1.29 is 9.47 Å². The van der Waals surface area contributed by atoms with Crippen LogP contribution in [-0.4, -0.2) is 56.8 Å². The molecular weight excluding hydrogens is 517 g/mol. The van der Waals surface area contributed by atoms with Crippen molar-refractivity contribution in [3.05, 3.63) is 63.1 Å². The summed E-state index contributed by atoms with van der Waals surface area (Å²) in [5, 5.41) is 4.02. The van der Waals surface area contributed by atoms with Crippen molar-refractivity contribution in [1.29, 1.82) is 0 Å². The van der Waals surface area contributed by atoms with Crippen LogP contribution in [0.1, 0.15) is 13.8 Å². The molecule has 10 nitrogen and oxygen atoms in total. The molecule has 1 aliphatic heterocycles. The van der Waals surface area contributed by atoms with Crippen LogP contribution in [0.3, 0.4) is 0 Å². The van der Waals surface area contributed by atoms with Gasteiger partial charge in [-0.1, -0.05) is 43.1 Å². The average Bonchev–Trinajstić information content (AvgIpc) is 2.88. The second-order valence-electron chi connectivity index (χ2n) is 8.44. The Bertz CT molecular complexity index is 1500. The zero-order chi connectivity index (χ0) is 26.1. The number of likely N-dealkylation sites (N-methyl/N-ethyl adjacent to an activating group) is 1. The number of fused-ring (bicyclic) bond motifs is 2. The SMILES string of the molecule is CCN(CC)CC1COc2cc(Nc3ncc4c(N)n(-c5c(Cl)cccc5Cl)c(=O)nc4n3)ccc2O1. The summed E-state index contributed by atoms with van der Waals surface area (Å²) < 4.78 is 13.2. The first-order chi connectivity index (χ1) is 17.9. The summed E-state index contributed by atoms with van der Waals surface area (Å²) in [6.07, 6.45) is 1.46. The van der Waals surface area contributed by atoms with Crippen molar-refractivity contribution in [2.24, 2.45) is 0 Å². The Morgan fingerprint density at radius 2 is 1.89 bits per heavy atom. The van der Waals surface area contributed by atoms with E-state index in [-0.39, 0.29) is 39.2 Å². The van der Waals surface area contributed by atoms with Gasteiger partial charge in [0.1, 0.15) is 18.5 Å². The highest BCUT2D eigenvalue weighted by molar-refractivity contribution is 6.37. The maximum absolute atomic E-state index is 12.9. The number of benzene rings is 2. The van der Waals surface area contributed by atoms with Gasteiger partial charge in [-0.05, 0) is 37.4 Å². The molecular formula is C25H25Cl2N7O3. The highest BCUT2D eigenvalue weighted by atomic mass is 35.5. The highest BCUT2D eigenvalue weighted by Gasteiger charge is 2.23. The Labute approximate surface area is 223 Å². The summed E-state index contributed by atoms with van der Waals surface area (Å²) in [4.78, 5) is 28.0. The first-order valence-corrected chi connectivity index (χ1v) is 12.6. The molecule has 0 saturated carbocycles. The van der Waals surface area contributed by atoms with E-state index in [0.29, 0.717) is 29.2 Å². The monoisotopic (exact) mass is 541 g/mol. The zero-order valence-electron chi connectivity index (χ0n) is 20.2. The topological polar surface area (TPSA) is 120 Å². The van der Waals surface area contributed by atoms with Gasteiger partial charge in [0, 0.05) is 24.5 Å². The lowest BCUT2D eigenvalue weighted by Gasteiger charge is -2.30. The fourth-order valence-electron chi connectivity index (χ4n) is 4.16. The molecule has 3 heterocycles. The van der Waals surface area contributed by atoms with Crippen molar-refractivity contribution in [2.75, 3.05) is 37.3 Å². The van der Waals surface area contributed by atoms with E-state index < -0.39 is 5.69 Å². The van der Waals surface area contributed by atoms with Crippen LogP contribution in [0, 0.1) is 0 Å². The molecule has 0 bridgehead atoms. The molecule has 2 aromatic carbocycles. The zero-order valence-corrected chi connectivity index (χ0v) is 21.8. The average molecular weight is 542 g/mol. The second kappa shape index (κ2) is 10.4. The van der Waals surface area contributed by atoms with E-state index in [1.807, 2.05) is 18.2 Å². The Morgan fingerprint density at radius 1 is 1.14 bits per heavy atom. The van der Waals surface area contributed by atoms with Crippen LogP contribution < -0.4 is 26.2 Å². The molecule has 12 heteroatoms. The van der Waals surface area contributed by atoms with Crippen molar-refractivity contribution >= 4 is 51.7 Å². The molecule has 0 fully saturated rings. The largest absolute Gasteiger partial charge is 0.486 e. The van der Waals surface area contributed by atoms with E-state index in [4.69, 9.17) is 38.4 Å². The molecule has 0 aliphatic carbocycles. The number of hydrogen-bond donors (Lipinski definition) is 2. The van der Waals surface area contributed by atoms with Gasteiger partial charge in [-0.3, -0.25) is 0 Å². The third-order valence-electron chi connectivity index (χ3n) is 6.11. The van der Waals surface area contributed by atoms with Crippen LogP contribution in [0.15, 0.2) is 47.4 Å². The second-order valence-corrected chi connectivity index (χ2v) is 9.25. The molecule has 2 aromatic heterocycles. The summed E-state index contributed by atoms with van der Waals surface area (Å²) in [7, 11) is 0. The van der Waals surface area contributed by atoms with Crippen molar-refractivity contribution in [3.8, 4) is 17.2 Å². The minimum atomic E-state index is -0.664. The van der Waals surface area contributed by atoms with Crippen LogP contribution >= 0.6 is 23.2 Å². The Balaban J connectivity index is 1.39. The van der Waals surface area contributed by atoms with Gasteiger partial charge in [-0.15, -0.1) is 0 Å². The third kappa shape index (κ3) is 5.00. The Hall–Kier alpha value is -3.60. The minimum absolute atomic E-state index is 0.0312. The van der Waals surface area contributed by atoms with Crippen LogP contribution in [0.2, 0.25) is 10.0 Å². The molecule has 0 amide bonds. The van der Waals surface area contributed by atoms with Gasteiger partial charge < -0.3 is 25.4 Å². The number of aromatic nitrogens is 4. The molecule has 1 aliphatic rings. The lowest BCUT2D eigenvalue weighted by atomic mass is 10.2. The lowest BCUT2D eigenvalue weighted by molar-refractivity contribution is 0.0616. The molecule has 0 saturated heterocycles. The number of nitrogen functional groups attached to an aromatic ring is 1. The standard InChI is InChI=1S/C25H25Cl2N7O3/c1-3-33(4-2)12-15-13-36-20-10-14(8-9-19(20)37-15)30-24-29-11-16-22(28)34(25(35)32-23(16)31-24)21-17(26)6-5-7-18(21)27/h5-11,15H,3-4,12-13,28H2,1-2H3,(H,30,31,32,35). The highest BCUT2D eigenvalue weighted by Crippen LogP contribution is 2.35. The van der Waals surface area contributed by atoms with Gasteiger partial charge in [-0.2, -0.15) is 9.97 Å². The summed E-state index contributed by atoms with van der Waals surface area (Å²) >= 11 is 12.6. The number of hydrogen-bond acceptors (Lipinski definition) is 9. The lowest BCUT2D eigenvalue weighted by Crippen LogP contribution is -2.40. The van der Waals surface area contributed by atoms with Crippen molar-refractivity contribution in [3.63, 3.8) is 0 Å². The molecule has 3 N–H and O–H groups in total. The molecule has 1 atom stereocenters. The summed E-state index contributed by atoms with van der Waals surface area (Å²) in [6, 6.07) is 10.4. The molecule has 0 spiro atoms. The van der Waals surface area contributed by atoms with Crippen LogP contribution in [-0.2, 0) is 0 Å². The van der Waals surface area contributed by atoms with Crippen molar-refractivity contribution in [2.45, 2.75) is 20.0 Å². The van der Waals surface area contributed by atoms with E-state index in [0.717, 1.165) is 24.2 Å². The minimum Gasteiger partial charge on any atom is -0.486 e. The van der Waals surface area contributed by atoms with E-state index in [1.165, 1.54) is 6.20 Å². The Kier molecular flexibility index (Phi) is 7.05. The van der Waals surface area contributed by atoms with E-state index in [1.54, 1.807) is 18.2 Å². The number of rotatable bonds is 7. The molecule has 0 radical (unpaired) electrons. The number of halogens is 2. The maximum atomic E-state index is 12.9. The maximum Gasteiger partial charge on any atom is 0.355 e. The van der Waals surface area contributed by atoms with Gasteiger partial charge in [-0.25, -0.2) is 14.3 Å². The van der Waals surface area contributed by atoms with Gasteiger partial charge in [0.15, 0.2) is 17.1 Å². The van der Waals surface area contributed by atoms with Gasteiger partial charge in [0.25, 0.3) is 0 Å². The van der Waals surface area contributed by atoms with E-state index in [9.17, 15) is 4.79 Å². The summed E-state index contributed by atoms with van der Waals surface area (Å²) in [6.45, 7) is 7.44. The first kappa shape index (κ1) is 25.1. The van der Waals surface area contributed by atoms with Crippen molar-refractivity contribution in [1.82, 2.24) is 24.4 Å². The molecule has 5 rings (SSSR count). The predicted octanol–water partition coefficient (Wildman–Crippen LogP) is 4.29. The smallest absolute Gasteiger partial charge is 0.355 e. The Morgan fingerprint density at radius 3 is 2.62 bits per heavy atom. The number of nitrogens with one attached hydrogen (secondary N) is 1. The third-order valence-corrected chi connectivity index (χ3v) is 6.72. The molecule has 192 valence electrons. The summed E-state index contributed by atoms with van der Waals surface area (Å²) in [5.41, 5.74) is 6.71. The van der Waals surface area contributed by atoms with E-state index >= 15 is 0 Å². The van der Waals surface area contributed by atoms with Crippen LogP contribution in [0.25, 0.3) is 16.7 Å². The number of ether oxygens (including phenoxy) is 2. The fourth-order valence-corrected chi connectivity index (χ4v) is 4.73. The van der Waals surface area contributed by atoms with Gasteiger partial charge >= 0.3 is 5.69 Å². The van der Waals surface area contributed by atoms with E-state index in [2.05, 4.69) is 39.0 Å². The molecule has 1 unspecified atom stereocenters. The number of nitrogens with zero attached hydrogens (tertiary/aromatic N) is 5. The number of para-hydroxylation sites is 1. The predicted molar refractivity (Wildman–Crippen MR) is 145 cm³/mol. The first-order valence-electron chi connectivity index (χ1n) is 11.8.